The monoisotopic (exact) mass is 469 g/mol. The molecule has 0 atom stereocenters. The molecule has 2 heterocycles. The Balaban J connectivity index is 1.14. The molecule has 2 N–H and O–H groups in total. The van der Waals surface area contributed by atoms with E-state index < -0.39 is 5.54 Å². The minimum Gasteiger partial charge on any atom is -0.346 e. The van der Waals surface area contributed by atoms with Crippen LogP contribution in [0.1, 0.15) is 57.1 Å². The fraction of sp³-hybridized carbons (Fsp3) is 0.520. The molecule has 1 aliphatic heterocycles. The Bertz CT molecular complexity index is 1050. The summed E-state index contributed by atoms with van der Waals surface area (Å²) in [4.78, 5) is 40.3. The maximum atomic E-state index is 13.4. The van der Waals surface area contributed by atoms with E-state index >= 15 is 0 Å². The quantitative estimate of drug-likeness (QED) is 0.410. The van der Waals surface area contributed by atoms with Gasteiger partial charge in [-0.2, -0.15) is 5.10 Å². The van der Waals surface area contributed by atoms with Gasteiger partial charge in [0, 0.05) is 37.8 Å². The van der Waals surface area contributed by atoms with Crippen molar-refractivity contribution in [2.24, 2.45) is 0 Å². The van der Waals surface area contributed by atoms with Crippen molar-refractivity contribution in [3.8, 4) is 11.3 Å². The van der Waals surface area contributed by atoms with Crippen LogP contribution in [0.25, 0.3) is 11.3 Å². The lowest BCUT2D eigenvalue weighted by molar-refractivity contribution is -0.133. The predicted molar refractivity (Wildman–Crippen MR) is 125 cm³/mol. The smallest absolute Gasteiger partial charge is 0.325 e. The second kappa shape index (κ2) is 10.4. The first-order chi connectivity index (χ1) is 16.4. The van der Waals surface area contributed by atoms with Gasteiger partial charge in [-0.15, -0.1) is 0 Å². The molecule has 34 heavy (non-hydrogen) atoms. The lowest BCUT2D eigenvalue weighted by Crippen LogP contribution is -2.44. The van der Waals surface area contributed by atoms with E-state index in [1.54, 1.807) is 18.0 Å². The van der Waals surface area contributed by atoms with E-state index in [0.717, 1.165) is 55.5 Å². The number of urea groups is 1. The summed E-state index contributed by atoms with van der Waals surface area (Å²) in [5.41, 5.74) is 1.74. The van der Waals surface area contributed by atoms with Crippen LogP contribution in [0.15, 0.2) is 30.3 Å². The number of benzene rings is 1. The number of carbonyl (C=O) groups excluding carboxylic acids is 3. The van der Waals surface area contributed by atoms with Crippen LogP contribution in [0, 0.1) is 5.82 Å². The van der Waals surface area contributed by atoms with E-state index in [-0.39, 0.29) is 36.6 Å². The summed E-state index contributed by atoms with van der Waals surface area (Å²) in [7, 11) is 1.76. The maximum Gasteiger partial charge on any atom is 0.325 e. The summed E-state index contributed by atoms with van der Waals surface area (Å²) in [6.45, 7) is 0.753. The summed E-state index contributed by atoms with van der Waals surface area (Å²) in [6.07, 6.45) is 6.97. The van der Waals surface area contributed by atoms with Crippen LogP contribution >= 0.6 is 0 Å². The number of imide groups is 1. The van der Waals surface area contributed by atoms with E-state index in [9.17, 15) is 18.8 Å². The van der Waals surface area contributed by atoms with Gasteiger partial charge in [-0.1, -0.05) is 31.4 Å². The van der Waals surface area contributed by atoms with Crippen LogP contribution in [0.5, 0.6) is 0 Å². The van der Waals surface area contributed by atoms with E-state index in [0.29, 0.717) is 19.4 Å². The molecule has 2 aliphatic rings. The number of aromatic nitrogens is 2. The van der Waals surface area contributed by atoms with Gasteiger partial charge in [0.1, 0.15) is 11.4 Å². The van der Waals surface area contributed by atoms with Crippen molar-refractivity contribution >= 4 is 17.8 Å². The lowest BCUT2D eigenvalue weighted by atomic mass is 9.98. The van der Waals surface area contributed by atoms with Gasteiger partial charge in [0.2, 0.25) is 5.91 Å². The Labute approximate surface area is 198 Å². The fourth-order valence-corrected chi connectivity index (χ4v) is 4.85. The van der Waals surface area contributed by atoms with Gasteiger partial charge in [0.15, 0.2) is 0 Å². The highest BCUT2D eigenvalue weighted by molar-refractivity contribution is 6.07. The zero-order valence-corrected chi connectivity index (χ0v) is 19.6. The van der Waals surface area contributed by atoms with E-state index in [1.165, 1.54) is 17.0 Å². The third-order valence-electron chi connectivity index (χ3n) is 6.87. The molecule has 1 aromatic carbocycles. The van der Waals surface area contributed by atoms with E-state index in [1.807, 2.05) is 12.1 Å². The normalized spacial score (nSPS) is 16.9. The third kappa shape index (κ3) is 5.29. The van der Waals surface area contributed by atoms with Crippen LogP contribution in [0.3, 0.4) is 0 Å². The zero-order valence-electron chi connectivity index (χ0n) is 19.6. The molecule has 1 spiro atoms. The number of H-pyrrole nitrogens is 1. The van der Waals surface area contributed by atoms with Gasteiger partial charge in [-0.25, -0.2) is 9.18 Å². The Morgan fingerprint density at radius 1 is 1.18 bits per heavy atom. The van der Waals surface area contributed by atoms with Crippen LogP contribution in [0.2, 0.25) is 0 Å². The molecule has 4 amide bonds. The number of carbonyl (C=O) groups is 3. The molecule has 0 unspecified atom stereocenters. The molecule has 2 aromatic rings. The number of nitrogens with zero attached hydrogens (tertiary/aromatic N) is 3. The van der Waals surface area contributed by atoms with E-state index in [4.69, 9.17) is 0 Å². The van der Waals surface area contributed by atoms with Gasteiger partial charge in [0.25, 0.3) is 5.91 Å². The fourth-order valence-electron chi connectivity index (χ4n) is 4.85. The molecule has 9 heteroatoms. The summed E-state index contributed by atoms with van der Waals surface area (Å²) in [5, 5.41) is 10.1. The Morgan fingerprint density at radius 2 is 1.97 bits per heavy atom. The number of rotatable bonds is 10. The molecule has 0 bridgehead atoms. The minimum absolute atomic E-state index is 0.0683. The largest absolute Gasteiger partial charge is 0.346 e. The molecule has 4 rings (SSSR count). The summed E-state index contributed by atoms with van der Waals surface area (Å²) >= 11 is 0. The van der Waals surface area contributed by atoms with Crippen molar-refractivity contribution in [2.75, 3.05) is 20.1 Å². The van der Waals surface area contributed by atoms with Gasteiger partial charge >= 0.3 is 6.03 Å². The van der Waals surface area contributed by atoms with Crippen molar-refractivity contribution < 1.29 is 18.8 Å². The van der Waals surface area contributed by atoms with Gasteiger partial charge in [-0.3, -0.25) is 19.6 Å². The molecular formula is C25H32FN5O3. The minimum atomic E-state index is -0.723. The van der Waals surface area contributed by atoms with Crippen molar-refractivity contribution in [3.05, 3.63) is 41.8 Å². The number of nitrogens with one attached hydrogen (secondary N) is 2. The predicted octanol–water partition coefficient (Wildman–Crippen LogP) is 3.64. The molecule has 8 nitrogen and oxygen atoms in total. The summed E-state index contributed by atoms with van der Waals surface area (Å²) in [6, 6.07) is 7.94. The van der Waals surface area contributed by atoms with Crippen LogP contribution in [-0.4, -0.2) is 63.5 Å². The Morgan fingerprint density at radius 3 is 2.74 bits per heavy atom. The maximum absolute atomic E-state index is 13.4. The highest BCUT2D eigenvalue weighted by atomic mass is 19.1. The second-order valence-corrected chi connectivity index (χ2v) is 9.34. The number of halogens is 1. The summed E-state index contributed by atoms with van der Waals surface area (Å²) in [5.74, 6) is -0.528. The number of amides is 4. The molecule has 1 aromatic heterocycles. The average molecular weight is 470 g/mol. The number of hydrogen-bond donors (Lipinski definition) is 2. The molecular weight excluding hydrogens is 437 g/mol. The molecule has 182 valence electrons. The molecule has 2 fully saturated rings. The first-order valence-corrected chi connectivity index (χ1v) is 12.1. The van der Waals surface area contributed by atoms with Crippen molar-refractivity contribution in [2.45, 2.75) is 63.3 Å². The molecule has 0 radical (unpaired) electrons. The second-order valence-electron chi connectivity index (χ2n) is 9.34. The van der Waals surface area contributed by atoms with E-state index in [2.05, 4.69) is 15.5 Å². The van der Waals surface area contributed by atoms with Crippen LogP contribution < -0.4 is 5.32 Å². The van der Waals surface area contributed by atoms with Crippen LogP contribution in [-0.2, 0) is 16.0 Å². The lowest BCUT2D eigenvalue weighted by Gasteiger charge is -2.21. The Hall–Kier alpha value is -3.23. The molecule has 1 aliphatic carbocycles. The number of unbranched alkanes of at least 4 members (excludes halogenated alkanes) is 2. The van der Waals surface area contributed by atoms with Crippen molar-refractivity contribution in [3.63, 3.8) is 0 Å². The standard InChI is InChI=1S/C25H32FN5O3/c1-30(22(32)11-15-31-23(33)25(27-24(31)34)12-4-5-13-25)14-6-2-3-10-20-17-21(29-28-20)18-8-7-9-19(26)16-18/h7-9,16-17H,2-6,10-15H2,1H3,(H,27,34)(H,28,29). The summed E-state index contributed by atoms with van der Waals surface area (Å²) < 4.78 is 13.4. The third-order valence-corrected chi connectivity index (χ3v) is 6.87. The van der Waals surface area contributed by atoms with Crippen molar-refractivity contribution in [1.82, 2.24) is 25.3 Å². The van der Waals surface area contributed by atoms with Crippen molar-refractivity contribution in [1.29, 1.82) is 0 Å². The van der Waals surface area contributed by atoms with Gasteiger partial charge < -0.3 is 10.2 Å². The topological polar surface area (TPSA) is 98.4 Å². The number of aromatic amines is 1. The number of hydrogen-bond acceptors (Lipinski definition) is 4. The zero-order chi connectivity index (χ0) is 24.1. The average Bonchev–Trinajstić information content (AvgIpc) is 3.53. The highest BCUT2D eigenvalue weighted by Crippen LogP contribution is 2.35. The van der Waals surface area contributed by atoms with Crippen LogP contribution in [0.4, 0.5) is 9.18 Å². The SMILES string of the molecule is CN(CCCCCc1cc(-c2cccc(F)c2)n[nH]1)C(=O)CCN1C(=O)NC2(CCCC2)C1=O. The van der Waals surface area contributed by atoms with Gasteiger partial charge in [-0.05, 0) is 50.3 Å². The number of aryl methyl sites for hydroxylation is 1. The highest BCUT2D eigenvalue weighted by Gasteiger charge is 2.52. The van der Waals surface area contributed by atoms with Gasteiger partial charge in [0.05, 0.1) is 5.69 Å². The molecule has 1 saturated heterocycles. The Kier molecular flexibility index (Phi) is 7.29. The first-order valence-electron chi connectivity index (χ1n) is 12.1. The first kappa shape index (κ1) is 23.9. The molecule has 1 saturated carbocycles.